The molecule has 0 amide bonds. The van der Waals surface area contributed by atoms with Gasteiger partial charge >= 0.3 is 5.69 Å². The van der Waals surface area contributed by atoms with Gasteiger partial charge in [0.1, 0.15) is 0 Å². The minimum Gasteiger partial charge on any atom is -0.314 e. The lowest BCUT2D eigenvalue weighted by molar-refractivity contribution is 0.799. The molecule has 0 aliphatic carbocycles. The third-order valence-corrected chi connectivity index (χ3v) is 1.74. The van der Waals surface area contributed by atoms with Gasteiger partial charge in [-0.05, 0) is 0 Å². The second-order valence-corrected chi connectivity index (χ2v) is 2.91. The highest BCUT2D eigenvalue weighted by atomic mass is 35.5. The summed E-state index contributed by atoms with van der Waals surface area (Å²) in [6, 6.07) is 1.29. The monoisotopic (exact) mass is 256 g/mol. The molecule has 17 heavy (non-hydrogen) atoms. The normalized spacial score (nSPS) is 8.53. The maximum atomic E-state index is 10.5. The Morgan fingerprint density at radius 2 is 2.12 bits per heavy atom. The molecule has 0 spiro atoms. The highest BCUT2D eigenvalue weighted by Gasteiger charge is 1.85. The first kappa shape index (κ1) is 14.9. The van der Waals surface area contributed by atoms with Crippen LogP contribution < -0.4 is 11.2 Å². The standard InChI is InChI=1S/C5H6N2O2.C5H6N2.ClH/c1-7-3-2-4(8)6-5(7)9;1-2-7-4-3-6-5-7;/h2-3H,1H3,(H,6,8,9);2-5H,1H2;1H. The lowest BCUT2D eigenvalue weighted by Crippen LogP contribution is -2.26. The van der Waals surface area contributed by atoms with Crippen LogP contribution in [0.1, 0.15) is 0 Å². The van der Waals surface area contributed by atoms with Gasteiger partial charge in [-0.3, -0.25) is 9.78 Å². The van der Waals surface area contributed by atoms with E-state index < -0.39 is 0 Å². The van der Waals surface area contributed by atoms with E-state index in [2.05, 4.69) is 16.5 Å². The van der Waals surface area contributed by atoms with E-state index in [0.717, 1.165) is 0 Å². The maximum absolute atomic E-state index is 10.5. The molecule has 92 valence electrons. The molecule has 0 fully saturated rings. The summed E-state index contributed by atoms with van der Waals surface area (Å²) in [5.41, 5.74) is -0.749. The van der Waals surface area contributed by atoms with E-state index >= 15 is 0 Å². The van der Waals surface area contributed by atoms with Gasteiger partial charge in [-0.25, -0.2) is 9.78 Å². The summed E-state index contributed by atoms with van der Waals surface area (Å²) in [4.78, 5) is 26.8. The third-order valence-electron chi connectivity index (χ3n) is 1.74. The molecule has 0 radical (unpaired) electrons. The first-order chi connectivity index (χ1) is 7.63. The van der Waals surface area contributed by atoms with Crippen LogP contribution in [0.25, 0.3) is 6.20 Å². The summed E-state index contributed by atoms with van der Waals surface area (Å²) in [6.45, 7) is 3.53. The van der Waals surface area contributed by atoms with Crippen molar-refractivity contribution >= 4 is 18.6 Å². The van der Waals surface area contributed by atoms with Crippen molar-refractivity contribution in [1.29, 1.82) is 0 Å². The number of aryl methyl sites for hydroxylation is 1. The van der Waals surface area contributed by atoms with Crippen LogP contribution in [0.15, 0.2) is 47.2 Å². The van der Waals surface area contributed by atoms with Crippen LogP contribution in [-0.4, -0.2) is 19.1 Å². The molecule has 0 saturated carbocycles. The van der Waals surface area contributed by atoms with E-state index in [-0.39, 0.29) is 23.7 Å². The van der Waals surface area contributed by atoms with Gasteiger partial charge in [0.15, 0.2) is 0 Å². The molecule has 0 bridgehead atoms. The average Bonchev–Trinajstić information content (AvgIpc) is 2.77. The van der Waals surface area contributed by atoms with Crippen molar-refractivity contribution in [3.63, 3.8) is 0 Å². The van der Waals surface area contributed by atoms with Crippen molar-refractivity contribution in [3.05, 3.63) is 58.4 Å². The van der Waals surface area contributed by atoms with Gasteiger partial charge in [-0.15, -0.1) is 12.4 Å². The van der Waals surface area contributed by atoms with Crippen molar-refractivity contribution in [1.82, 2.24) is 19.1 Å². The summed E-state index contributed by atoms with van der Waals surface area (Å²) in [5, 5.41) is 0. The number of hydrogen-bond acceptors (Lipinski definition) is 3. The van der Waals surface area contributed by atoms with Gasteiger partial charge in [-0.1, -0.05) is 6.58 Å². The number of nitrogens with zero attached hydrogens (tertiary/aromatic N) is 3. The van der Waals surface area contributed by atoms with Gasteiger partial charge in [0.25, 0.3) is 5.56 Å². The van der Waals surface area contributed by atoms with E-state index in [4.69, 9.17) is 0 Å². The fraction of sp³-hybridized carbons (Fsp3) is 0.100. The average molecular weight is 257 g/mol. The molecular formula is C10H13ClN4O2. The SMILES string of the molecule is C=Cn1ccnc1.Cl.Cn1ccc(=O)[nH]c1=O. The van der Waals surface area contributed by atoms with Crippen LogP contribution in [0.2, 0.25) is 0 Å². The molecule has 1 N–H and O–H groups in total. The lowest BCUT2D eigenvalue weighted by Gasteiger charge is -1.89. The first-order valence-corrected chi connectivity index (χ1v) is 4.49. The molecular weight excluding hydrogens is 244 g/mol. The van der Waals surface area contributed by atoms with E-state index in [0.29, 0.717) is 0 Å². The highest BCUT2D eigenvalue weighted by Crippen LogP contribution is 1.81. The minimum atomic E-state index is -0.387. The van der Waals surface area contributed by atoms with Crippen LogP contribution >= 0.6 is 12.4 Å². The lowest BCUT2D eigenvalue weighted by atomic mass is 10.6. The predicted octanol–water partition coefficient (Wildman–Crippen LogP) is 0.479. The molecule has 0 aromatic carbocycles. The molecule has 0 unspecified atom stereocenters. The predicted molar refractivity (Wildman–Crippen MR) is 68.2 cm³/mol. The van der Waals surface area contributed by atoms with Gasteiger partial charge in [0.05, 0.1) is 6.33 Å². The fourth-order valence-corrected chi connectivity index (χ4v) is 0.860. The number of aromatic amines is 1. The molecule has 0 aliphatic rings. The first-order valence-electron chi connectivity index (χ1n) is 4.49. The van der Waals surface area contributed by atoms with E-state index in [1.165, 1.54) is 16.8 Å². The molecule has 2 heterocycles. The number of rotatable bonds is 1. The number of aromatic nitrogens is 4. The van der Waals surface area contributed by atoms with Crippen molar-refractivity contribution in [2.75, 3.05) is 0 Å². The van der Waals surface area contributed by atoms with Gasteiger partial charge in [0.2, 0.25) is 0 Å². The Hall–Kier alpha value is -2.08. The number of hydrogen-bond donors (Lipinski definition) is 1. The largest absolute Gasteiger partial charge is 0.328 e. The summed E-state index contributed by atoms with van der Waals surface area (Å²) in [5.74, 6) is 0. The highest BCUT2D eigenvalue weighted by molar-refractivity contribution is 5.85. The molecule has 7 heteroatoms. The summed E-state index contributed by atoms with van der Waals surface area (Å²) in [6.07, 6.45) is 8.33. The van der Waals surface area contributed by atoms with Gasteiger partial charge in [0, 0.05) is 37.9 Å². The Morgan fingerprint density at radius 3 is 2.47 bits per heavy atom. The van der Waals surface area contributed by atoms with Gasteiger partial charge in [-0.2, -0.15) is 0 Å². The Balaban J connectivity index is 0.000000292. The zero-order valence-corrected chi connectivity index (χ0v) is 10.1. The molecule has 0 atom stereocenters. The molecule has 0 saturated heterocycles. The van der Waals surface area contributed by atoms with Gasteiger partial charge < -0.3 is 9.13 Å². The topological polar surface area (TPSA) is 72.7 Å². The van der Waals surface area contributed by atoms with Crippen LogP contribution in [0.5, 0.6) is 0 Å². The summed E-state index contributed by atoms with van der Waals surface area (Å²) in [7, 11) is 1.57. The minimum absolute atomic E-state index is 0. The Morgan fingerprint density at radius 1 is 1.41 bits per heavy atom. The fourth-order valence-electron chi connectivity index (χ4n) is 0.860. The van der Waals surface area contributed by atoms with Crippen molar-refractivity contribution in [3.8, 4) is 0 Å². The van der Waals surface area contributed by atoms with Crippen molar-refractivity contribution in [2.24, 2.45) is 7.05 Å². The van der Waals surface area contributed by atoms with Crippen molar-refractivity contribution < 1.29 is 0 Å². The molecule has 2 rings (SSSR count). The third kappa shape index (κ3) is 4.98. The second-order valence-electron chi connectivity index (χ2n) is 2.91. The Labute approximate surface area is 104 Å². The van der Waals surface area contributed by atoms with Crippen LogP contribution in [-0.2, 0) is 7.05 Å². The molecule has 2 aromatic rings. The Kier molecular flexibility index (Phi) is 6.35. The summed E-state index contributed by atoms with van der Waals surface area (Å²) >= 11 is 0. The van der Waals surface area contributed by atoms with Crippen LogP contribution in [0.4, 0.5) is 0 Å². The van der Waals surface area contributed by atoms with E-state index in [1.54, 1.807) is 30.3 Å². The number of nitrogens with one attached hydrogen (secondary N) is 1. The van der Waals surface area contributed by atoms with E-state index in [1.807, 2.05) is 6.20 Å². The summed E-state index contributed by atoms with van der Waals surface area (Å²) < 4.78 is 3.07. The molecule has 0 aliphatic heterocycles. The number of halogens is 1. The zero-order chi connectivity index (χ0) is 12.0. The Bertz CT molecular complexity index is 556. The van der Waals surface area contributed by atoms with Crippen LogP contribution in [0.3, 0.4) is 0 Å². The smallest absolute Gasteiger partial charge is 0.314 e. The van der Waals surface area contributed by atoms with E-state index in [9.17, 15) is 9.59 Å². The molecule has 2 aromatic heterocycles. The quantitative estimate of drug-likeness (QED) is 0.807. The number of imidazole rings is 1. The zero-order valence-electron chi connectivity index (χ0n) is 9.24. The maximum Gasteiger partial charge on any atom is 0.328 e. The second kappa shape index (κ2) is 7.24. The van der Waals surface area contributed by atoms with Crippen LogP contribution in [0, 0.1) is 0 Å². The number of H-pyrrole nitrogens is 1. The molecule has 6 nitrogen and oxygen atoms in total. The van der Waals surface area contributed by atoms with Crippen molar-refractivity contribution in [2.45, 2.75) is 0 Å².